The van der Waals surface area contributed by atoms with Crippen molar-refractivity contribution in [3.05, 3.63) is 41.5 Å². The van der Waals surface area contributed by atoms with E-state index in [1.165, 1.54) is 0 Å². The molecule has 0 bridgehead atoms. The number of hydrogen-bond acceptors (Lipinski definition) is 4. The van der Waals surface area contributed by atoms with Crippen molar-refractivity contribution in [1.29, 1.82) is 0 Å². The zero-order valence-electron chi connectivity index (χ0n) is 10.4. The van der Waals surface area contributed by atoms with Gasteiger partial charge in [0.05, 0.1) is 12.2 Å². The summed E-state index contributed by atoms with van der Waals surface area (Å²) in [5.41, 5.74) is 1.81. The molecule has 5 heteroatoms. The molecule has 0 aromatic heterocycles. The molecule has 1 aromatic rings. The van der Waals surface area contributed by atoms with Gasteiger partial charge in [-0.3, -0.25) is 4.90 Å². The van der Waals surface area contributed by atoms with E-state index in [0.717, 1.165) is 17.2 Å². The number of nitrogens with zero attached hydrogens (tertiary/aromatic N) is 1. The first-order valence-corrected chi connectivity index (χ1v) is 6.13. The van der Waals surface area contributed by atoms with Crippen molar-refractivity contribution < 1.29 is 20.1 Å². The molecule has 1 aliphatic rings. The number of likely N-dealkylation sites (tertiary alicyclic amines) is 1. The normalized spacial score (nSPS) is 24.1. The van der Waals surface area contributed by atoms with Crippen LogP contribution in [0.2, 0.25) is 0 Å². The predicted octanol–water partition coefficient (Wildman–Crippen LogP) is 0.322. The van der Waals surface area contributed by atoms with Crippen LogP contribution in [0.1, 0.15) is 11.1 Å². The highest BCUT2D eigenvalue weighted by atomic mass is 16.4. The van der Waals surface area contributed by atoms with Crippen molar-refractivity contribution in [2.75, 3.05) is 13.1 Å². The number of hydrogen-bond donors (Lipinski definition) is 3. The molecule has 3 N–H and O–H groups in total. The average molecular weight is 263 g/mol. The molecule has 5 nitrogen and oxygen atoms in total. The van der Waals surface area contributed by atoms with Gasteiger partial charge in [0.25, 0.3) is 0 Å². The Morgan fingerprint density at radius 2 is 1.89 bits per heavy atom. The number of carboxylic acids is 1. The topological polar surface area (TPSA) is 81.0 Å². The van der Waals surface area contributed by atoms with Crippen molar-refractivity contribution in [3.63, 3.8) is 0 Å². The van der Waals surface area contributed by atoms with Gasteiger partial charge < -0.3 is 15.3 Å². The van der Waals surface area contributed by atoms with E-state index in [1.807, 2.05) is 29.2 Å². The van der Waals surface area contributed by atoms with Gasteiger partial charge in [-0.25, -0.2) is 4.79 Å². The van der Waals surface area contributed by atoms with Crippen LogP contribution in [0.3, 0.4) is 0 Å². The highest BCUT2D eigenvalue weighted by molar-refractivity contribution is 5.85. The Bertz CT molecular complexity index is 476. The molecule has 0 aliphatic carbocycles. The molecule has 102 valence electrons. The van der Waals surface area contributed by atoms with Crippen LogP contribution in [0.15, 0.2) is 30.3 Å². The predicted molar refractivity (Wildman–Crippen MR) is 70.4 cm³/mol. The van der Waals surface area contributed by atoms with E-state index < -0.39 is 18.2 Å². The summed E-state index contributed by atoms with van der Waals surface area (Å²) >= 11 is 0. The Balaban J connectivity index is 2.10. The monoisotopic (exact) mass is 263 g/mol. The largest absolute Gasteiger partial charge is 0.478 e. The Kier molecular flexibility index (Phi) is 4.31. The van der Waals surface area contributed by atoms with E-state index in [1.54, 1.807) is 6.08 Å². The Labute approximate surface area is 111 Å². The van der Waals surface area contributed by atoms with Crippen molar-refractivity contribution in [2.45, 2.75) is 18.8 Å². The Hall–Kier alpha value is -1.69. The maximum absolute atomic E-state index is 10.6. The van der Waals surface area contributed by atoms with E-state index >= 15 is 0 Å². The lowest BCUT2D eigenvalue weighted by Crippen LogP contribution is -2.22. The number of benzene rings is 1. The summed E-state index contributed by atoms with van der Waals surface area (Å²) in [6.07, 6.45) is 1.25. The van der Waals surface area contributed by atoms with Gasteiger partial charge in [0.1, 0.15) is 0 Å². The van der Waals surface area contributed by atoms with E-state index in [4.69, 9.17) is 5.11 Å². The number of rotatable bonds is 4. The molecule has 19 heavy (non-hydrogen) atoms. The minimum absolute atomic E-state index is 0.429. The van der Waals surface area contributed by atoms with Crippen LogP contribution in [-0.2, 0) is 11.3 Å². The number of aliphatic hydroxyl groups is 2. The average Bonchev–Trinajstić information content (AvgIpc) is 2.67. The molecule has 2 atom stereocenters. The van der Waals surface area contributed by atoms with Gasteiger partial charge >= 0.3 is 5.97 Å². The van der Waals surface area contributed by atoms with Crippen molar-refractivity contribution in [1.82, 2.24) is 4.90 Å². The molecule has 1 heterocycles. The third kappa shape index (κ3) is 3.64. The SMILES string of the molecule is O=C(O)/C=C/c1ccccc1CN1CC(O)C(O)C1. The van der Waals surface area contributed by atoms with Crippen molar-refractivity contribution in [2.24, 2.45) is 0 Å². The van der Waals surface area contributed by atoms with Crippen LogP contribution < -0.4 is 0 Å². The molecule has 1 fully saturated rings. The lowest BCUT2D eigenvalue weighted by Gasteiger charge is -2.16. The van der Waals surface area contributed by atoms with Gasteiger partial charge in [0.2, 0.25) is 0 Å². The highest BCUT2D eigenvalue weighted by Gasteiger charge is 2.29. The maximum atomic E-state index is 10.6. The van der Waals surface area contributed by atoms with Gasteiger partial charge in [-0.15, -0.1) is 0 Å². The van der Waals surface area contributed by atoms with Gasteiger partial charge in [0.15, 0.2) is 0 Å². The number of β-amino-alcohol motifs (C(OH)–C–C–N with tert-alkyl or cyclic N) is 2. The summed E-state index contributed by atoms with van der Waals surface area (Å²) in [5, 5.41) is 27.7. The molecule has 2 unspecified atom stereocenters. The first-order valence-electron chi connectivity index (χ1n) is 6.13. The summed E-state index contributed by atoms with van der Waals surface area (Å²) in [4.78, 5) is 12.5. The molecule has 2 rings (SSSR count). The lowest BCUT2D eigenvalue weighted by molar-refractivity contribution is -0.131. The second-order valence-electron chi connectivity index (χ2n) is 4.70. The van der Waals surface area contributed by atoms with Crippen LogP contribution in [0.25, 0.3) is 6.08 Å². The molecule has 1 aliphatic heterocycles. The zero-order chi connectivity index (χ0) is 13.8. The smallest absolute Gasteiger partial charge is 0.328 e. The van der Waals surface area contributed by atoms with Crippen LogP contribution in [-0.4, -0.2) is 51.5 Å². The molecular weight excluding hydrogens is 246 g/mol. The minimum Gasteiger partial charge on any atom is -0.478 e. The Morgan fingerprint density at radius 3 is 2.53 bits per heavy atom. The zero-order valence-corrected chi connectivity index (χ0v) is 10.4. The summed E-state index contributed by atoms with van der Waals surface area (Å²) in [6, 6.07) is 7.49. The van der Waals surface area contributed by atoms with Crippen molar-refractivity contribution >= 4 is 12.0 Å². The first kappa shape index (κ1) is 13.7. The summed E-state index contributed by atoms with van der Waals surface area (Å²) in [5.74, 6) is -0.984. The van der Waals surface area contributed by atoms with Crippen LogP contribution in [0.4, 0.5) is 0 Å². The fraction of sp³-hybridized carbons (Fsp3) is 0.357. The molecule has 0 radical (unpaired) electrons. The standard InChI is InChI=1S/C14H17NO4/c16-12-8-15(9-13(12)17)7-11-4-2-1-3-10(11)5-6-14(18)19/h1-6,12-13,16-17H,7-9H2,(H,18,19)/b6-5+. The lowest BCUT2D eigenvalue weighted by atomic mass is 10.1. The fourth-order valence-corrected chi connectivity index (χ4v) is 2.22. The Morgan fingerprint density at radius 1 is 1.26 bits per heavy atom. The second-order valence-corrected chi connectivity index (χ2v) is 4.70. The van der Waals surface area contributed by atoms with Gasteiger partial charge in [-0.2, -0.15) is 0 Å². The number of carboxylic acid groups (broad SMARTS) is 1. The number of aliphatic carboxylic acids is 1. The van der Waals surface area contributed by atoms with E-state index in [0.29, 0.717) is 19.6 Å². The summed E-state index contributed by atoms with van der Waals surface area (Å²) < 4.78 is 0. The maximum Gasteiger partial charge on any atom is 0.328 e. The third-order valence-electron chi connectivity index (χ3n) is 3.19. The fourth-order valence-electron chi connectivity index (χ4n) is 2.22. The minimum atomic E-state index is -0.984. The van der Waals surface area contributed by atoms with E-state index in [9.17, 15) is 15.0 Å². The van der Waals surface area contributed by atoms with Gasteiger partial charge in [0, 0.05) is 25.7 Å². The third-order valence-corrected chi connectivity index (χ3v) is 3.19. The van der Waals surface area contributed by atoms with Crippen LogP contribution in [0, 0.1) is 0 Å². The molecule has 1 saturated heterocycles. The van der Waals surface area contributed by atoms with Crippen LogP contribution >= 0.6 is 0 Å². The van der Waals surface area contributed by atoms with Gasteiger partial charge in [-0.05, 0) is 17.2 Å². The molecular formula is C14H17NO4. The molecule has 1 aromatic carbocycles. The summed E-state index contributed by atoms with van der Waals surface area (Å²) in [7, 11) is 0. The number of aliphatic hydroxyl groups excluding tert-OH is 2. The quantitative estimate of drug-likeness (QED) is 0.682. The van der Waals surface area contributed by atoms with Crippen molar-refractivity contribution in [3.8, 4) is 0 Å². The van der Waals surface area contributed by atoms with Gasteiger partial charge in [-0.1, -0.05) is 24.3 Å². The summed E-state index contributed by atoms with van der Waals surface area (Å²) in [6.45, 7) is 1.44. The highest BCUT2D eigenvalue weighted by Crippen LogP contribution is 2.17. The molecule has 0 spiro atoms. The first-order chi connectivity index (χ1) is 9.06. The molecule has 0 saturated carbocycles. The number of carbonyl (C=O) groups is 1. The van der Waals surface area contributed by atoms with E-state index in [2.05, 4.69) is 0 Å². The van der Waals surface area contributed by atoms with Crippen LogP contribution in [0.5, 0.6) is 0 Å². The van der Waals surface area contributed by atoms with E-state index in [-0.39, 0.29) is 0 Å². The second kappa shape index (κ2) is 5.97. The molecule has 0 amide bonds.